The van der Waals surface area contributed by atoms with Crippen molar-refractivity contribution in [3.05, 3.63) is 53.6 Å². The molecule has 176 valence electrons. The number of methoxy groups -OCH3 is 2. The summed E-state index contributed by atoms with van der Waals surface area (Å²) < 4.78 is 27.0. The first kappa shape index (κ1) is 23.1. The second kappa shape index (κ2) is 10.2. The van der Waals surface area contributed by atoms with E-state index < -0.39 is 0 Å². The molecule has 0 aliphatic heterocycles. The third-order valence-corrected chi connectivity index (χ3v) is 6.45. The highest BCUT2D eigenvalue weighted by molar-refractivity contribution is 5.97. The summed E-state index contributed by atoms with van der Waals surface area (Å²) in [5.74, 6) is 1.48. The van der Waals surface area contributed by atoms with Crippen molar-refractivity contribution in [3.63, 3.8) is 0 Å². The Balaban J connectivity index is 1.74. The first-order chi connectivity index (χ1) is 16.0. The number of carbonyl (C=O) groups is 1. The summed E-state index contributed by atoms with van der Waals surface area (Å²) in [5.41, 5.74) is 2.03. The average Bonchev–Trinajstić information content (AvgIpc) is 3.47. The van der Waals surface area contributed by atoms with Crippen molar-refractivity contribution in [2.24, 2.45) is 0 Å². The molecule has 1 saturated carbocycles. The summed E-state index contributed by atoms with van der Waals surface area (Å²) >= 11 is 0. The monoisotopic (exact) mass is 453 g/mol. The lowest BCUT2D eigenvalue weighted by Gasteiger charge is -2.25. The average molecular weight is 454 g/mol. The Morgan fingerprint density at radius 2 is 1.94 bits per heavy atom. The van der Waals surface area contributed by atoms with Gasteiger partial charge in [0.05, 0.1) is 37.4 Å². The van der Waals surface area contributed by atoms with Gasteiger partial charge in [-0.1, -0.05) is 26.2 Å². The Kier molecular flexibility index (Phi) is 7.16. The molecule has 33 heavy (non-hydrogen) atoms. The Labute approximate surface area is 194 Å². The number of rotatable bonds is 9. The fraction of sp³-hybridized carbons (Fsp3) is 0.462. The number of hydrogen-bond acceptors (Lipinski definition) is 4. The molecule has 7 heteroatoms. The highest BCUT2D eigenvalue weighted by atomic mass is 19.1. The smallest absolute Gasteiger partial charge is 0.258 e. The summed E-state index contributed by atoms with van der Waals surface area (Å²) in [6, 6.07) is 10.3. The SMILES string of the molecule is CCCCN(Cc1nc2cc(F)ccc2n1C1CCCC1)C(=O)c1cc(OC)ccc1OC. The molecule has 1 aliphatic carbocycles. The van der Waals surface area contributed by atoms with Crippen molar-refractivity contribution in [1.82, 2.24) is 14.5 Å². The van der Waals surface area contributed by atoms with Gasteiger partial charge < -0.3 is 18.9 Å². The predicted octanol–water partition coefficient (Wildman–Crippen LogP) is 5.75. The fourth-order valence-corrected chi connectivity index (χ4v) is 4.73. The number of imidazole rings is 1. The molecule has 1 aromatic heterocycles. The van der Waals surface area contributed by atoms with Crippen LogP contribution in [-0.2, 0) is 6.54 Å². The van der Waals surface area contributed by atoms with Crippen molar-refractivity contribution >= 4 is 16.9 Å². The zero-order valence-corrected chi connectivity index (χ0v) is 19.6. The van der Waals surface area contributed by atoms with Gasteiger partial charge in [0, 0.05) is 18.7 Å². The van der Waals surface area contributed by atoms with E-state index in [4.69, 9.17) is 14.5 Å². The van der Waals surface area contributed by atoms with Gasteiger partial charge in [-0.25, -0.2) is 9.37 Å². The quantitative estimate of drug-likeness (QED) is 0.414. The first-order valence-corrected chi connectivity index (χ1v) is 11.7. The number of halogens is 1. The van der Waals surface area contributed by atoms with Gasteiger partial charge in [-0.3, -0.25) is 4.79 Å². The van der Waals surface area contributed by atoms with E-state index in [0.29, 0.717) is 41.7 Å². The minimum atomic E-state index is -0.301. The second-order valence-corrected chi connectivity index (χ2v) is 8.62. The van der Waals surface area contributed by atoms with Gasteiger partial charge in [0.25, 0.3) is 5.91 Å². The summed E-state index contributed by atoms with van der Waals surface area (Å²) in [6.07, 6.45) is 6.32. The molecule has 4 rings (SSSR count). The molecular weight excluding hydrogens is 421 g/mol. The molecule has 1 aliphatic rings. The molecule has 3 aromatic rings. The zero-order chi connectivity index (χ0) is 23.4. The van der Waals surface area contributed by atoms with Crippen LogP contribution < -0.4 is 9.47 Å². The summed E-state index contributed by atoms with van der Waals surface area (Å²) in [6.45, 7) is 3.05. The van der Waals surface area contributed by atoms with Crippen LogP contribution in [0.5, 0.6) is 11.5 Å². The molecule has 1 heterocycles. The lowest BCUT2D eigenvalue weighted by Crippen LogP contribution is -2.33. The van der Waals surface area contributed by atoms with Crippen LogP contribution in [0.3, 0.4) is 0 Å². The molecule has 0 bridgehead atoms. The van der Waals surface area contributed by atoms with Gasteiger partial charge in [-0.15, -0.1) is 0 Å². The minimum absolute atomic E-state index is 0.129. The highest BCUT2D eigenvalue weighted by Gasteiger charge is 2.27. The van der Waals surface area contributed by atoms with Gasteiger partial charge in [-0.2, -0.15) is 0 Å². The number of ether oxygens (including phenoxy) is 2. The van der Waals surface area contributed by atoms with Gasteiger partial charge in [-0.05, 0) is 49.6 Å². The van der Waals surface area contributed by atoms with Gasteiger partial charge >= 0.3 is 0 Å². The van der Waals surface area contributed by atoms with E-state index in [1.54, 1.807) is 32.4 Å². The van der Waals surface area contributed by atoms with Crippen molar-refractivity contribution in [2.75, 3.05) is 20.8 Å². The Morgan fingerprint density at radius 3 is 2.64 bits per heavy atom. The number of benzene rings is 2. The molecule has 0 N–H and O–H groups in total. The van der Waals surface area contributed by atoms with Crippen molar-refractivity contribution in [2.45, 2.75) is 58.0 Å². The highest BCUT2D eigenvalue weighted by Crippen LogP contribution is 2.34. The van der Waals surface area contributed by atoms with E-state index in [2.05, 4.69) is 11.5 Å². The maximum atomic E-state index is 13.9. The first-order valence-electron chi connectivity index (χ1n) is 11.7. The molecule has 2 aromatic carbocycles. The number of carbonyl (C=O) groups excluding carboxylic acids is 1. The van der Waals surface area contributed by atoms with E-state index in [9.17, 15) is 9.18 Å². The molecule has 0 unspecified atom stereocenters. The molecule has 0 atom stereocenters. The third kappa shape index (κ3) is 4.82. The van der Waals surface area contributed by atoms with Crippen LogP contribution >= 0.6 is 0 Å². The molecule has 0 saturated heterocycles. The molecule has 0 spiro atoms. The summed E-state index contributed by atoms with van der Waals surface area (Å²) in [5, 5.41) is 0. The van der Waals surface area contributed by atoms with Gasteiger partial charge in [0.1, 0.15) is 23.1 Å². The number of nitrogens with zero attached hydrogens (tertiary/aromatic N) is 3. The number of amides is 1. The van der Waals surface area contributed by atoms with E-state index in [-0.39, 0.29) is 11.7 Å². The van der Waals surface area contributed by atoms with Crippen LogP contribution in [0, 0.1) is 5.82 Å². The van der Waals surface area contributed by atoms with E-state index in [1.165, 1.54) is 25.0 Å². The minimum Gasteiger partial charge on any atom is -0.497 e. The third-order valence-electron chi connectivity index (χ3n) is 6.45. The molecule has 1 amide bonds. The van der Waals surface area contributed by atoms with Crippen LogP contribution in [0.1, 0.15) is 67.7 Å². The van der Waals surface area contributed by atoms with Crippen LogP contribution in [0.4, 0.5) is 4.39 Å². The van der Waals surface area contributed by atoms with E-state index in [1.807, 2.05) is 11.0 Å². The maximum absolute atomic E-state index is 13.9. The Morgan fingerprint density at radius 1 is 1.15 bits per heavy atom. The van der Waals surface area contributed by atoms with Crippen molar-refractivity contribution in [1.29, 1.82) is 0 Å². The summed E-state index contributed by atoms with van der Waals surface area (Å²) in [7, 11) is 3.14. The van der Waals surface area contributed by atoms with Gasteiger partial charge in [0.2, 0.25) is 0 Å². The van der Waals surface area contributed by atoms with E-state index >= 15 is 0 Å². The fourth-order valence-electron chi connectivity index (χ4n) is 4.73. The lowest BCUT2D eigenvalue weighted by molar-refractivity contribution is 0.0730. The van der Waals surface area contributed by atoms with Crippen molar-refractivity contribution < 1.29 is 18.7 Å². The van der Waals surface area contributed by atoms with Crippen LogP contribution in [0.2, 0.25) is 0 Å². The molecule has 1 fully saturated rings. The number of fused-ring (bicyclic) bond motifs is 1. The van der Waals surface area contributed by atoms with E-state index in [0.717, 1.165) is 37.0 Å². The van der Waals surface area contributed by atoms with Crippen LogP contribution in [-0.4, -0.2) is 41.1 Å². The number of unbranched alkanes of at least 4 members (excludes halogenated alkanes) is 1. The van der Waals surface area contributed by atoms with Gasteiger partial charge in [0.15, 0.2) is 0 Å². The molecule has 0 radical (unpaired) electrons. The van der Waals surface area contributed by atoms with Crippen molar-refractivity contribution in [3.8, 4) is 11.5 Å². The lowest BCUT2D eigenvalue weighted by atomic mass is 10.1. The number of hydrogen-bond donors (Lipinski definition) is 0. The Bertz CT molecular complexity index is 1120. The predicted molar refractivity (Wildman–Crippen MR) is 126 cm³/mol. The molecule has 6 nitrogen and oxygen atoms in total. The maximum Gasteiger partial charge on any atom is 0.258 e. The van der Waals surface area contributed by atoms with Crippen LogP contribution in [0.25, 0.3) is 11.0 Å². The largest absolute Gasteiger partial charge is 0.497 e. The number of aromatic nitrogens is 2. The standard InChI is InChI=1S/C26H32FN3O3/c1-4-5-14-29(26(31)21-16-20(32-2)11-13-24(21)33-3)17-25-28-22-15-18(27)10-12-23(22)30(25)19-8-6-7-9-19/h10-13,15-16,19H,4-9,14,17H2,1-3H3. The summed E-state index contributed by atoms with van der Waals surface area (Å²) in [4.78, 5) is 20.3. The Hall–Kier alpha value is -3.09. The second-order valence-electron chi connectivity index (χ2n) is 8.62. The molecular formula is C26H32FN3O3. The normalized spacial score (nSPS) is 14.1. The van der Waals surface area contributed by atoms with Crippen LogP contribution in [0.15, 0.2) is 36.4 Å². The zero-order valence-electron chi connectivity index (χ0n) is 19.6. The topological polar surface area (TPSA) is 56.6 Å².